The monoisotopic (exact) mass is 504 g/mol. The number of rotatable bonds is 16. The van der Waals surface area contributed by atoms with E-state index in [2.05, 4.69) is 63.0 Å². The quantitative estimate of drug-likeness (QED) is 0.252. The summed E-state index contributed by atoms with van der Waals surface area (Å²) >= 11 is 0. The van der Waals surface area contributed by atoms with Gasteiger partial charge in [0.2, 0.25) is 0 Å². The van der Waals surface area contributed by atoms with Gasteiger partial charge in [0.05, 0.1) is 11.7 Å². The number of unbranched alkanes of at least 4 members (excludes halogenated alkanes) is 1. The minimum Gasteiger partial charge on any atom is -0.352 e. The van der Waals surface area contributed by atoms with E-state index in [4.69, 9.17) is 0 Å². The smallest absolute Gasteiger partial charge is 0.251 e. The number of nitrogens with zero attached hydrogens (tertiary/aromatic N) is 4. The minimum atomic E-state index is -0.00446. The molecule has 0 aliphatic rings. The molecule has 0 aliphatic carbocycles. The Morgan fingerprint density at radius 3 is 2.35 bits per heavy atom. The number of H-pyrrole nitrogens is 1. The summed E-state index contributed by atoms with van der Waals surface area (Å²) in [5.41, 5.74) is 4.02. The van der Waals surface area contributed by atoms with Crippen LogP contribution in [-0.4, -0.2) is 56.8 Å². The maximum atomic E-state index is 12.7. The van der Waals surface area contributed by atoms with Crippen molar-refractivity contribution in [3.8, 4) is 0 Å². The topological polar surface area (TPSA) is 77.2 Å². The molecule has 0 bridgehead atoms. The SMILES string of the molecule is CCCN(CCC)CCCCNC(=O)c1ccc(CN(Cc2ccc(C)cn2)C(C)c2ncc[nH]2)cc1. The Bertz CT molecular complexity index is 1030. The lowest BCUT2D eigenvalue weighted by Crippen LogP contribution is -2.28. The number of benzene rings is 1. The standard InChI is InChI=1S/C30H44N6O/c1-5-18-35(19-6-2)20-8-7-15-33-30(37)27-12-10-26(11-13-27)22-36(25(4)29-31-16-17-32-29)23-28-14-9-24(3)21-34-28/h9-14,16-17,21,25H,5-8,15,18-20,22-23H2,1-4H3,(H,31,32)(H,33,37). The number of imidazole rings is 1. The van der Waals surface area contributed by atoms with E-state index < -0.39 is 0 Å². The number of pyridine rings is 1. The van der Waals surface area contributed by atoms with Crippen molar-refractivity contribution in [3.63, 3.8) is 0 Å². The molecule has 0 saturated heterocycles. The van der Waals surface area contributed by atoms with E-state index >= 15 is 0 Å². The second-order valence-corrected chi connectivity index (χ2v) is 9.88. The molecular weight excluding hydrogens is 460 g/mol. The molecule has 0 spiro atoms. The highest BCUT2D eigenvalue weighted by Crippen LogP contribution is 2.22. The van der Waals surface area contributed by atoms with Crippen molar-refractivity contribution in [2.75, 3.05) is 26.2 Å². The minimum absolute atomic E-state index is 0.00446. The third-order valence-corrected chi connectivity index (χ3v) is 6.67. The van der Waals surface area contributed by atoms with E-state index in [1.807, 2.05) is 43.6 Å². The maximum Gasteiger partial charge on any atom is 0.251 e. The zero-order valence-corrected chi connectivity index (χ0v) is 23.0. The zero-order valence-electron chi connectivity index (χ0n) is 23.0. The first-order valence-corrected chi connectivity index (χ1v) is 13.7. The molecule has 1 atom stereocenters. The average Bonchev–Trinajstić information content (AvgIpc) is 3.44. The largest absolute Gasteiger partial charge is 0.352 e. The van der Waals surface area contributed by atoms with Crippen molar-refractivity contribution >= 4 is 5.91 Å². The lowest BCUT2D eigenvalue weighted by molar-refractivity contribution is 0.0952. The van der Waals surface area contributed by atoms with Gasteiger partial charge in [-0.3, -0.25) is 14.7 Å². The second-order valence-electron chi connectivity index (χ2n) is 9.88. The van der Waals surface area contributed by atoms with Crippen LogP contribution in [0.25, 0.3) is 0 Å². The van der Waals surface area contributed by atoms with E-state index in [1.54, 1.807) is 6.20 Å². The van der Waals surface area contributed by atoms with E-state index in [9.17, 15) is 4.79 Å². The van der Waals surface area contributed by atoms with Crippen LogP contribution in [0.1, 0.15) is 85.5 Å². The van der Waals surface area contributed by atoms with E-state index in [1.165, 1.54) is 12.8 Å². The number of hydrogen-bond donors (Lipinski definition) is 2. The highest BCUT2D eigenvalue weighted by atomic mass is 16.1. The lowest BCUT2D eigenvalue weighted by Gasteiger charge is -2.27. The van der Waals surface area contributed by atoms with Gasteiger partial charge in [-0.1, -0.05) is 32.0 Å². The molecule has 1 unspecified atom stereocenters. The van der Waals surface area contributed by atoms with Crippen molar-refractivity contribution in [1.82, 2.24) is 30.1 Å². The van der Waals surface area contributed by atoms with Gasteiger partial charge in [0.15, 0.2) is 0 Å². The molecular formula is C30H44N6O. The Kier molecular flexibility index (Phi) is 11.8. The summed E-state index contributed by atoms with van der Waals surface area (Å²) in [7, 11) is 0. The van der Waals surface area contributed by atoms with Crippen LogP contribution in [0, 0.1) is 6.92 Å². The summed E-state index contributed by atoms with van der Waals surface area (Å²) in [6, 6.07) is 12.2. The first-order valence-electron chi connectivity index (χ1n) is 13.7. The van der Waals surface area contributed by atoms with Gasteiger partial charge >= 0.3 is 0 Å². The molecule has 7 heteroatoms. The van der Waals surface area contributed by atoms with Crippen LogP contribution in [0.2, 0.25) is 0 Å². The number of aromatic amines is 1. The molecule has 2 heterocycles. The molecule has 200 valence electrons. The summed E-state index contributed by atoms with van der Waals surface area (Å²) in [4.78, 5) is 29.8. The molecule has 3 rings (SSSR count). The normalized spacial score (nSPS) is 12.3. The summed E-state index contributed by atoms with van der Waals surface area (Å²) in [6.07, 6.45) is 10.0. The van der Waals surface area contributed by atoms with Crippen molar-refractivity contribution in [2.45, 2.75) is 72.5 Å². The fourth-order valence-corrected chi connectivity index (χ4v) is 4.54. The molecule has 0 saturated carbocycles. The summed E-state index contributed by atoms with van der Waals surface area (Å²) in [5.74, 6) is 0.922. The molecule has 1 aromatic carbocycles. The highest BCUT2D eigenvalue weighted by Gasteiger charge is 2.19. The molecule has 2 aromatic heterocycles. The summed E-state index contributed by atoms with van der Waals surface area (Å²) < 4.78 is 0. The van der Waals surface area contributed by atoms with Crippen LogP contribution in [0.15, 0.2) is 55.0 Å². The van der Waals surface area contributed by atoms with Gasteiger partial charge in [0, 0.05) is 43.8 Å². The number of amides is 1. The van der Waals surface area contributed by atoms with Crippen molar-refractivity contribution in [3.05, 3.63) is 83.2 Å². The van der Waals surface area contributed by atoms with Gasteiger partial charge in [0.1, 0.15) is 5.82 Å². The second kappa shape index (κ2) is 15.3. The zero-order chi connectivity index (χ0) is 26.5. The molecule has 7 nitrogen and oxygen atoms in total. The van der Waals surface area contributed by atoms with Gasteiger partial charge < -0.3 is 15.2 Å². The van der Waals surface area contributed by atoms with Crippen molar-refractivity contribution in [1.29, 1.82) is 0 Å². The fraction of sp³-hybridized carbons (Fsp3) is 0.500. The van der Waals surface area contributed by atoms with Gasteiger partial charge in [-0.2, -0.15) is 0 Å². The number of aryl methyl sites for hydroxylation is 1. The van der Waals surface area contributed by atoms with E-state index in [-0.39, 0.29) is 11.9 Å². The first kappa shape index (κ1) is 28.5. The first-order chi connectivity index (χ1) is 18.0. The number of carbonyl (C=O) groups excluding carboxylic acids is 1. The Balaban J connectivity index is 1.53. The van der Waals surface area contributed by atoms with Gasteiger partial charge in [-0.15, -0.1) is 0 Å². The fourth-order valence-electron chi connectivity index (χ4n) is 4.54. The van der Waals surface area contributed by atoms with Crippen LogP contribution in [0.3, 0.4) is 0 Å². The molecule has 0 radical (unpaired) electrons. The molecule has 0 aliphatic heterocycles. The van der Waals surface area contributed by atoms with E-state index in [0.29, 0.717) is 18.7 Å². The van der Waals surface area contributed by atoms with Crippen LogP contribution in [0.5, 0.6) is 0 Å². The van der Waals surface area contributed by atoms with Gasteiger partial charge in [0.25, 0.3) is 5.91 Å². The Labute approximate surface area is 222 Å². The van der Waals surface area contributed by atoms with Crippen LogP contribution in [0.4, 0.5) is 0 Å². The predicted molar refractivity (Wildman–Crippen MR) is 150 cm³/mol. The van der Waals surface area contributed by atoms with Crippen molar-refractivity contribution in [2.24, 2.45) is 0 Å². The average molecular weight is 505 g/mol. The Morgan fingerprint density at radius 2 is 1.73 bits per heavy atom. The van der Waals surface area contributed by atoms with Crippen molar-refractivity contribution < 1.29 is 4.79 Å². The summed E-state index contributed by atoms with van der Waals surface area (Å²) in [5, 5.41) is 3.08. The maximum absolute atomic E-state index is 12.7. The van der Waals surface area contributed by atoms with Gasteiger partial charge in [-0.05, 0) is 88.5 Å². The Hall–Kier alpha value is -3.03. The third-order valence-electron chi connectivity index (χ3n) is 6.67. The predicted octanol–water partition coefficient (Wildman–Crippen LogP) is 5.51. The van der Waals surface area contributed by atoms with Crippen LogP contribution in [-0.2, 0) is 13.1 Å². The van der Waals surface area contributed by atoms with E-state index in [0.717, 1.165) is 61.7 Å². The van der Waals surface area contributed by atoms with Crippen LogP contribution >= 0.6 is 0 Å². The molecule has 2 N–H and O–H groups in total. The van der Waals surface area contributed by atoms with Gasteiger partial charge in [-0.25, -0.2) is 4.98 Å². The third kappa shape index (κ3) is 9.41. The highest BCUT2D eigenvalue weighted by molar-refractivity contribution is 5.94. The lowest BCUT2D eigenvalue weighted by atomic mass is 10.1. The molecule has 1 amide bonds. The Morgan fingerprint density at radius 1 is 0.973 bits per heavy atom. The summed E-state index contributed by atoms with van der Waals surface area (Å²) in [6.45, 7) is 14.2. The number of hydrogen-bond acceptors (Lipinski definition) is 5. The number of nitrogens with one attached hydrogen (secondary N) is 2. The number of carbonyl (C=O) groups is 1. The van der Waals surface area contributed by atoms with Crippen LogP contribution < -0.4 is 5.32 Å². The molecule has 3 aromatic rings. The molecule has 37 heavy (non-hydrogen) atoms. The molecule has 0 fully saturated rings. The number of aromatic nitrogens is 3.